The Hall–Kier alpha value is -3.82. The van der Waals surface area contributed by atoms with Crippen molar-refractivity contribution >= 4 is 22.9 Å². The summed E-state index contributed by atoms with van der Waals surface area (Å²) in [6.45, 7) is 6.65. The lowest BCUT2D eigenvalue weighted by Gasteiger charge is -2.16. The van der Waals surface area contributed by atoms with E-state index in [0.717, 1.165) is 41.1 Å². The van der Waals surface area contributed by atoms with Crippen LogP contribution in [0.5, 0.6) is 0 Å². The topological polar surface area (TPSA) is 107 Å². The number of nitrogens with zero attached hydrogens (tertiary/aromatic N) is 8. The van der Waals surface area contributed by atoms with Crippen LogP contribution in [-0.4, -0.2) is 58.2 Å². The number of aryl methyl sites for hydroxylation is 2. The molecular weight excluding hydrogens is 418 g/mol. The van der Waals surface area contributed by atoms with Crippen molar-refractivity contribution in [2.75, 3.05) is 18.4 Å². The van der Waals surface area contributed by atoms with E-state index in [2.05, 4.69) is 20.4 Å². The summed E-state index contributed by atoms with van der Waals surface area (Å²) >= 11 is 0. The molecule has 0 spiro atoms. The Morgan fingerprint density at radius 1 is 1.18 bits per heavy atom. The van der Waals surface area contributed by atoms with Crippen LogP contribution >= 0.6 is 0 Å². The first-order valence-electron chi connectivity index (χ1n) is 11.1. The first-order valence-corrected chi connectivity index (χ1v) is 11.1. The number of pyridine rings is 1. The van der Waals surface area contributed by atoms with Gasteiger partial charge in [0.05, 0.1) is 17.6 Å². The first-order chi connectivity index (χ1) is 16.0. The van der Waals surface area contributed by atoms with E-state index in [9.17, 15) is 4.79 Å². The molecule has 0 aromatic carbocycles. The third-order valence-corrected chi connectivity index (χ3v) is 6.16. The van der Waals surface area contributed by atoms with Gasteiger partial charge < -0.3 is 14.8 Å². The van der Waals surface area contributed by atoms with Gasteiger partial charge in [-0.3, -0.25) is 14.5 Å². The zero-order chi connectivity index (χ0) is 22.9. The highest BCUT2D eigenvalue weighted by Crippen LogP contribution is 2.28. The fraction of sp³-hybridized carbons (Fsp3) is 0.391. The summed E-state index contributed by atoms with van der Waals surface area (Å²) in [7, 11) is 1.92. The maximum Gasteiger partial charge on any atom is 0.222 e. The number of rotatable bonds is 7. The number of likely N-dealkylation sites (tertiary alicyclic amines) is 1. The van der Waals surface area contributed by atoms with Gasteiger partial charge in [-0.05, 0) is 31.9 Å². The number of hydrogen-bond acceptors (Lipinski definition) is 7. The molecule has 1 fully saturated rings. The smallest absolute Gasteiger partial charge is 0.222 e. The van der Waals surface area contributed by atoms with Gasteiger partial charge in [0.25, 0.3) is 0 Å². The van der Waals surface area contributed by atoms with Gasteiger partial charge in [-0.1, -0.05) is 6.07 Å². The van der Waals surface area contributed by atoms with Crippen molar-refractivity contribution in [2.24, 2.45) is 7.05 Å². The van der Waals surface area contributed by atoms with Crippen molar-refractivity contribution in [1.29, 1.82) is 0 Å². The fourth-order valence-electron chi connectivity index (χ4n) is 4.30. The lowest BCUT2D eigenvalue weighted by molar-refractivity contribution is -0.127. The van der Waals surface area contributed by atoms with E-state index in [1.807, 2.05) is 53.4 Å². The molecule has 4 aromatic rings. The largest absolute Gasteiger partial charge is 0.364 e. The number of anilines is 1. The Labute approximate surface area is 191 Å². The molecule has 0 aliphatic carbocycles. The summed E-state index contributed by atoms with van der Waals surface area (Å²) in [6, 6.07) is 3.93. The number of hydrogen-bond donors (Lipinski definition) is 1. The molecule has 1 N–H and O–H groups in total. The van der Waals surface area contributed by atoms with E-state index in [0.29, 0.717) is 43.2 Å². The van der Waals surface area contributed by atoms with Crippen molar-refractivity contribution < 1.29 is 4.79 Å². The zero-order valence-electron chi connectivity index (χ0n) is 19.1. The molecule has 10 heteroatoms. The third-order valence-electron chi connectivity index (χ3n) is 6.16. The van der Waals surface area contributed by atoms with Crippen molar-refractivity contribution in [3.63, 3.8) is 0 Å². The van der Waals surface area contributed by atoms with E-state index in [1.165, 1.54) is 0 Å². The second kappa shape index (κ2) is 8.61. The second-order valence-electron chi connectivity index (χ2n) is 8.37. The predicted molar refractivity (Wildman–Crippen MR) is 124 cm³/mol. The highest BCUT2D eigenvalue weighted by molar-refractivity contribution is 5.85. The standard InChI is InChI=1S/C23H27N9O/c1-15-19(16(2)30(3)29-15)21-27-22(25-13-17-6-4-8-24-12-17)20-23(28-21)32(14-26-20)11-10-31-9-5-7-18(31)33/h4,6,8,12,14H,5,7,9-11,13H2,1-3H3,(H,25,27,28). The van der Waals surface area contributed by atoms with Crippen molar-refractivity contribution in [3.05, 3.63) is 47.8 Å². The fourth-order valence-corrected chi connectivity index (χ4v) is 4.30. The Morgan fingerprint density at radius 3 is 2.76 bits per heavy atom. The zero-order valence-corrected chi connectivity index (χ0v) is 19.1. The molecule has 0 bridgehead atoms. The molecule has 1 amide bonds. The molecule has 0 atom stereocenters. The number of carbonyl (C=O) groups excluding carboxylic acids is 1. The van der Waals surface area contributed by atoms with Crippen LogP contribution < -0.4 is 5.32 Å². The minimum atomic E-state index is 0.218. The summed E-state index contributed by atoms with van der Waals surface area (Å²) in [5.41, 5.74) is 5.29. The number of fused-ring (bicyclic) bond motifs is 1. The van der Waals surface area contributed by atoms with E-state index < -0.39 is 0 Å². The van der Waals surface area contributed by atoms with E-state index >= 15 is 0 Å². The normalized spacial score (nSPS) is 13.9. The lowest BCUT2D eigenvalue weighted by Crippen LogP contribution is -2.28. The quantitative estimate of drug-likeness (QED) is 0.466. The van der Waals surface area contributed by atoms with E-state index in [1.54, 1.807) is 12.5 Å². The van der Waals surface area contributed by atoms with Gasteiger partial charge in [0.2, 0.25) is 5.91 Å². The van der Waals surface area contributed by atoms with Gasteiger partial charge in [-0.25, -0.2) is 15.0 Å². The average molecular weight is 446 g/mol. The van der Waals surface area contributed by atoms with Gasteiger partial charge >= 0.3 is 0 Å². The number of amides is 1. The summed E-state index contributed by atoms with van der Waals surface area (Å²) in [4.78, 5) is 32.5. The van der Waals surface area contributed by atoms with Crippen LogP contribution in [0.2, 0.25) is 0 Å². The molecular formula is C23H27N9O. The molecule has 0 unspecified atom stereocenters. The maximum absolute atomic E-state index is 12.0. The Kier molecular flexibility index (Phi) is 5.49. The molecule has 1 aliphatic rings. The molecule has 170 valence electrons. The molecule has 10 nitrogen and oxygen atoms in total. The molecule has 33 heavy (non-hydrogen) atoms. The Morgan fingerprint density at radius 2 is 2.06 bits per heavy atom. The lowest BCUT2D eigenvalue weighted by atomic mass is 10.2. The van der Waals surface area contributed by atoms with Gasteiger partial charge in [0.1, 0.15) is 5.52 Å². The molecule has 0 radical (unpaired) electrons. The van der Waals surface area contributed by atoms with Crippen LogP contribution in [0, 0.1) is 13.8 Å². The third kappa shape index (κ3) is 4.04. The Bertz CT molecular complexity index is 1310. The highest BCUT2D eigenvalue weighted by atomic mass is 16.2. The number of aromatic nitrogens is 7. The van der Waals surface area contributed by atoms with Crippen LogP contribution in [0.1, 0.15) is 29.8 Å². The van der Waals surface area contributed by atoms with Crippen LogP contribution in [0.3, 0.4) is 0 Å². The van der Waals surface area contributed by atoms with E-state index in [4.69, 9.17) is 9.97 Å². The highest BCUT2D eigenvalue weighted by Gasteiger charge is 2.22. The molecule has 1 saturated heterocycles. The molecule has 1 aliphatic heterocycles. The SMILES string of the molecule is Cc1nn(C)c(C)c1-c1nc(NCc2cccnc2)c2ncn(CCN3CCCC3=O)c2n1. The molecule has 0 saturated carbocycles. The summed E-state index contributed by atoms with van der Waals surface area (Å²) < 4.78 is 3.85. The Balaban J connectivity index is 1.53. The van der Waals surface area contributed by atoms with Gasteiger partial charge in [-0.2, -0.15) is 5.10 Å². The molecule has 5 heterocycles. The van der Waals surface area contributed by atoms with Crippen molar-refractivity contribution in [2.45, 2.75) is 39.8 Å². The number of nitrogens with one attached hydrogen (secondary N) is 1. The van der Waals surface area contributed by atoms with E-state index in [-0.39, 0.29) is 5.91 Å². The van der Waals surface area contributed by atoms with Gasteiger partial charge in [-0.15, -0.1) is 0 Å². The molecule has 5 rings (SSSR count). The molecule has 4 aromatic heterocycles. The monoisotopic (exact) mass is 445 g/mol. The van der Waals surface area contributed by atoms with Crippen molar-refractivity contribution in [1.82, 2.24) is 39.2 Å². The van der Waals surface area contributed by atoms with Gasteiger partial charge in [0, 0.05) is 57.7 Å². The van der Waals surface area contributed by atoms with Gasteiger partial charge in [0.15, 0.2) is 17.3 Å². The summed E-state index contributed by atoms with van der Waals surface area (Å²) in [5, 5.41) is 7.96. The number of imidazole rings is 1. The average Bonchev–Trinajstić information content (AvgIpc) is 3.48. The minimum Gasteiger partial charge on any atom is -0.364 e. The van der Waals surface area contributed by atoms with Crippen molar-refractivity contribution in [3.8, 4) is 11.4 Å². The van der Waals surface area contributed by atoms with Crippen LogP contribution in [0.4, 0.5) is 5.82 Å². The number of carbonyl (C=O) groups is 1. The first kappa shape index (κ1) is 21.0. The maximum atomic E-state index is 12.0. The summed E-state index contributed by atoms with van der Waals surface area (Å²) in [5.74, 6) is 1.49. The van der Waals surface area contributed by atoms with Crippen LogP contribution in [0.15, 0.2) is 30.9 Å². The van der Waals surface area contributed by atoms with Crippen LogP contribution in [-0.2, 0) is 24.9 Å². The second-order valence-corrected chi connectivity index (χ2v) is 8.37. The minimum absolute atomic E-state index is 0.218. The summed E-state index contributed by atoms with van der Waals surface area (Å²) in [6.07, 6.45) is 6.93. The van der Waals surface area contributed by atoms with Crippen LogP contribution in [0.25, 0.3) is 22.6 Å². The predicted octanol–water partition coefficient (Wildman–Crippen LogP) is 2.47.